The average Bonchev–Trinajstić information content (AvgIpc) is 2.09. The molecule has 0 heterocycles. The molecule has 0 unspecified atom stereocenters. The van der Waals surface area contributed by atoms with Gasteiger partial charge in [0.2, 0.25) is 0 Å². The topological polar surface area (TPSA) is 134 Å². The predicted octanol–water partition coefficient (Wildman–Crippen LogP) is -2.47. The van der Waals surface area contributed by atoms with Gasteiger partial charge >= 0.3 is 12.1 Å². The summed E-state index contributed by atoms with van der Waals surface area (Å²) in [5.41, 5.74) is 9.68. The van der Waals surface area contributed by atoms with Gasteiger partial charge in [-0.3, -0.25) is 4.90 Å². The average molecular weight is 205 g/mol. The van der Waals surface area contributed by atoms with Crippen LogP contribution in [0.4, 0.5) is 9.59 Å². The highest BCUT2D eigenvalue weighted by molar-refractivity contribution is 5.72. The van der Waals surface area contributed by atoms with E-state index in [1.807, 2.05) is 0 Å². The summed E-state index contributed by atoms with van der Waals surface area (Å²) in [5, 5.41) is 13.3. The zero-order valence-corrected chi connectivity index (χ0v) is 7.69. The second-order valence-corrected chi connectivity index (χ2v) is 2.52. The maximum Gasteiger partial charge on any atom is 0.313 e. The number of nitrogens with one attached hydrogen (secondary N) is 2. The molecule has 0 saturated carbocycles. The number of rotatable bonds is 6. The van der Waals surface area contributed by atoms with Crippen LogP contribution in [0.25, 0.3) is 0 Å². The summed E-state index contributed by atoms with van der Waals surface area (Å²) in [7, 11) is 0. The second kappa shape index (κ2) is 6.92. The molecule has 0 fully saturated rings. The summed E-state index contributed by atoms with van der Waals surface area (Å²) in [5.74, 6) is 0. The minimum Gasteiger partial charge on any atom is -0.395 e. The molecule has 0 spiro atoms. The van der Waals surface area contributed by atoms with Crippen molar-refractivity contribution in [1.82, 2.24) is 15.5 Å². The highest BCUT2D eigenvalue weighted by Crippen LogP contribution is 1.81. The van der Waals surface area contributed by atoms with Crippen LogP contribution in [-0.4, -0.2) is 48.6 Å². The van der Waals surface area contributed by atoms with Crippen molar-refractivity contribution in [1.29, 1.82) is 0 Å². The van der Waals surface area contributed by atoms with Crippen LogP contribution in [0.3, 0.4) is 0 Å². The van der Waals surface area contributed by atoms with Crippen molar-refractivity contribution >= 4 is 12.1 Å². The number of amides is 4. The molecule has 0 bridgehead atoms. The Morgan fingerprint density at radius 2 is 1.57 bits per heavy atom. The number of aliphatic hydroxyl groups is 1. The Morgan fingerprint density at radius 1 is 1.14 bits per heavy atom. The third-order valence-electron chi connectivity index (χ3n) is 1.37. The van der Waals surface area contributed by atoms with E-state index >= 15 is 0 Å². The van der Waals surface area contributed by atoms with Crippen molar-refractivity contribution in [2.45, 2.75) is 0 Å². The molecule has 4 amide bonds. The van der Waals surface area contributed by atoms with Crippen molar-refractivity contribution in [2.24, 2.45) is 11.5 Å². The van der Waals surface area contributed by atoms with Crippen LogP contribution in [0.1, 0.15) is 0 Å². The van der Waals surface area contributed by atoms with E-state index in [-0.39, 0.29) is 19.9 Å². The molecule has 7 N–H and O–H groups in total. The third-order valence-corrected chi connectivity index (χ3v) is 1.37. The van der Waals surface area contributed by atoms with Crippen molar-refractivity contribution in [3.63, 3.8) is 0 Å². The van der Waals surface area contributed by atoms with Gasteiger partial charge in [0.15, 0.2) is 0 Å². The van der Waals surface area contributed by atoms with E-state index in [0.717, 1.165) is 0 Å². The third kappa shape index (κ3) is 7.13. The lowest BCUT2D eigenvalue weighted by atomic mass is 10.6. The molecule has 0 aromatic carbocycles. The van der Waals surface area contributed by atoms with Gasteiger partial charge in [-0.2, -0.15) is 0 Å². The summed E-state index contributed by atoms with van der Waals surface area (Å²) in [6.07, 6.45) is 0. The zero-order valence-electron chi connectivity index (χ0n) is 7.69. The fourth-order valence-corrected chi connectivity index (χ4v) is 0.735. The lowest BCUT2D eigenvalue weighted by molar-refractivity contribution is 0.175. The van der Waals surface area contributed by atoms with E-state index in [0.29, 0.717) is 6.54 Å². The molecule has 8 heteroatoms. The molecule has 0 aromatic rings. The van der Waals surface area contributed by atoms with Crippen LogP contribution in [0.5, 0.6) is 0 Å². The first kappa shape index (κ1) is 12.5. The number of primary amides is 2. The molecular formula is C6H15N5O3. The lowest BCUT2D eigenvalue weighted by Crippen LogP contribution is -2.47. The van der Waals surface area contributed by atoms with Gasteiger partial charge in [0.1, 0.15) is 0 Å². The van der Waals surface area contributed by atoms with Crippen molar-refractivity contribution in [3.8, 4) is 0 Å². The standard InChI is InChI=1S/C6H15N5O3/c7-5(13)9-3-11(1-2-12)4-10-6(8)14/h12H,1-4H2,(H3,7,9,13)(H3,8,10,14). The number of hydrogen-bond donors (Lipinski definition) is 5. The second-order valence-electron chi connectivity index (χ2n) is 2.52. The van der Waals surface area contributed by atoms with Crippen LogP contribution in [0.15, 0.2) is 0 Å². The highest BCUT2D eigenvalue weighted by atomic mass is 16.3. The Bertz CT molecular complexity index is 180. The fraction of sp³-hybridized carbons (Fsp3) is 0.667. The van der Waals surface area contributed by atoms with E-state index in [9.17, 15) is 9.59 Å². The van der Waals surface area contributed by atoms with Crippen LogP contribution in [0.2, 0.25) is 0 Å². The van der Waals surface area contributed by atoms with Gasteiger partial charge in [-0.05, 0) is 0 Å². The monoisotopic (exact) mass is 205 g/mol. The predicted molar refractivity (Wildman–Crippen MR) is 49.0 cm³/mol. The smallest absolute Gasteiger partial charge is 0.313 e. The van der Waals surface area contributed by atoms with E-state index in [1.54, 1.807) is 4.90 Å². The van der Waals surface area contributed by atoms with E-state index in [4.69, 9.17) is 16.6 Å². The molecule has 0 radical (unpaired) electrons. The summed E-state index contributed by atoms with van der Waals surface area (Å²) in [4.78, 5) is 22.3. The first-order chi connectivity index (χ1) is 6.56. The number of carbonyl (C=O) groups is 2. The Hall–Kier alpha value is -1.54. The van der Waals surface area contributed by atoms with Crippen molar-refractivity contribution < 1.29 is 14.7 Å². The first-order valence-corrected chi connectivity index (χ1v) is 3.96. The molecule has 0 saturated heterocycles. The molecule has 0 aromatic heterocycles. The quantitative estimate of drug-likeness (QED) is 0.307. The van der Waals surface area contributed by atoms with Crippen LogP contribution < -0.4 is 22.1 Å². The number of carbonyl (C=O) groups excluding carboxylic acids is 2. The number of urea groups is 2. The Labute approximate surface area is 81.2 Å². The van der Waals surface area contributed by atoms with E-state index < -0.39 is 12.1 Å². The summed E-state index contributed by atoms with van der Waals surface area (Å²) in [6, 6.07) is -1.35. The Kier molecular flexibility index (Phi) is 6.16. The van der Waals surface area contributed by atoms with Crippen molar-refractivity contribution in [2.75, 3.05) is 26.5 Å². The molecule has 14 heavy (non-hydrogen) atoms. The number of aliphatic hydroxyl groups excluding tert-OH is 1. The van der Waals surface area contributed by atoms with Gasteiger partial charge < -0.3 is 27.2 Å². The molecule has 0 aliphatic heterocycles. The van der Waals surface area contributed by atoms with Gasteiger partial charge in [-0.1, -0.05) is 0 Å². The van der Waals surface area contributed by atoms with Gasteiger partial charge in [0, 0.05) is 6.54 Å². The summed E-state index contributed by atoms with van der Waals surface area (Å²) < 4.78 is 0. The minimum absolute atomic E-state index is 0.0963. The zero-order chi connectivity index (χ0) is 11.0. The normalized spacial score (nSPS) is 9.86. The molecule has 0 aliphatic carbocycles. The number of nitrogens with two attached hydrogens (primary N) is 2. The van der Waals surface area contributed by atoms with Gasteiger partial charge in [-0.25, -0.2) is 9.59 Å². The van der Waals surface area contributed by atoms with E-state index in [2.05, 4.69) is 10.6 Å². The highest BCUT2D eigenvalue weighted by Gasteiger charge is 2.04. The van der Waals surface area contributed by atoms with Gasteiger partial charge in [0.25, 0.3) is 0 Å². The Balaban J connectivity index is 3.76. The maximum absolute atomic E-state index is 10.4. The number of nitrogens with zero attached hydrogens (tertiary/aromatic N) is 1. The van der Waals surface area contributed by atoms with Crippen LogP contribution in [-0.2, 0) is 0 Å². The maximum atomic E-state index is 10.4. The molecule has 8 nitrogen and oxygen atoms in total. The molecule has 0 atom stereocenters. The largest absolute Gasteiger partial charge is 0.395 e. The van der Waals surface area contributed by atoms with Gasteiger partial charge in [-0.15, -0.1) is 0 Å². The Morgan fingerprint density at radius 3 is 1.86 bits per heavy atom. The lowest BCUT2D eigenvalue weighted by Gasteiger charge is -2.20. The molecular weight excluding hydrogens is 190 g/mol. The summed E-state index contributed by atoms with van der Waals surface area (Å²) >= 11 is 0. The first-order valence-electron chi connectivity index (χ1n) is 3.96. The molecule has 0 rings (SSSR count). The van der Waals surface area contributed by atoms with E-state index in [1.165, 1.54) is 0 Å². The van der Waals surface area contributed by atoms with Crippen LogP contribution in [0, 0.1) is 0 Å². The SMILES string of the molecule is NC(=O)NCN(CCO)CNC(N)=O. The van der Waals surface area contributed by atoms with Gasteiger partial charge in [0.05, 0.1) is 19.9 Å². The molecule has 0 aliphatic rings. The molecule has 82 valence electrons. The minimum atomic E-state index is -0.674. The fourth-order valence-electron chi connectivity index (χ4n) is 0.735. The van der Waals surface area contributed by atoms with Crippen molar-refractivity contribution in [3.05, 3.63) is 0 Å². The summed E-state index contributed by atoms with van der Waals surface area (Å²) in [6.45, 7) is 0.466. The van der Waals surface area contributed by atoms with Crippen LogP contribution >= 0.6 is 0 Å². The number of hydrogen-bond acceptors (Lipinski definition) is 4.